The Labute approximate surface area is 349 Å². The van der Waals surface area contributed by atoms with E-state index >= 15 is 0 Å². The van der Waals surface area contributed by atoms with Crippen LogP contribution in [-0.2, 0) is 26.5 Å². The van der Waals surface area contributed by atoms with Crippen LogP contribution in [0.4, 0.5) is 0 Å². The molecule has 4 nitrogen and oxygen atoms in total. The Balaban J connectivity index is 0.000000240. The SMILES string of the molecule is N#Cc1ccc2c(oc3c(-c4cc5[c](cn4)[Ge]4([CH2]CCC[CH2]4)[CH2]CC5)[c-]ccc32)c1-c1ccc(-c2ccccc2)cc1.[2H]C([2H])([2H])c1ccc(-c2[c-]cccc2)nc1.[Ir]. The summed E-state index contributed by atoms with van der Waals surface area (Å²) in [7, 11) is 0. The first-order valence-electron chi connectivity index (χ1n) is 20.7. The van der Waals surface area contributed by atoms with Crippen molar-refractivity contribution in [3.8, 4) is 50.8 Å². The first kappa shape index (κ1) is 34.2. The van der Waals surface area contributed by atoms with Crippen molar-refractivity contribution in [2.75, 3.05) is 0 Å². The number of aromatic nitrogens is 2. The zero-order chi connectivity index (χ0) is 39.7. The molecule has 6 heteroatoms. The van der Waals surface area contributed by atoms with Crippen LogP contribution in [0.25, 0.3) is 66.7 Å². The van der Waals surface area contributed by atoms with Gasteiger partial charge in [-0.15, -0.1) is 35.9 Å². The summed E-state index contributed by atoms with van der Waals surface area (Å²) in [4.78, 5) is 9.21. The van der Waals surface area contributed by atoms with Gasteiger partial charge in [0.2, 0.25) is 0 Å². The third-order valence-electron chi connectivity index (χ3n) is 11.5. The number of nitrogens with zero attached hydrogens (tertiary/aromatic N) is 3. The van der Waals surface area contributed by atoms with Gasteiger partial charge in [-0.05, 0) is 29.2 Å². The van der Waals surface area contributed by atoms with E-state index in [4.69, 9.17) is 13.5 Å². The van der Waals surface area contributed by atoms with E-state index < -0.39 is 20.1 Å². The third-order valence-corrected chi connectivity index (χ3v) is 23.1. The average Bonchev–Trinajstić information content (AvgIpc) is 3.66. The molecule has 1 fully saturated rings. The molecule has 0 N–H and O–H groups in total. The first-order valence-corrected chi connectivity index (χ1v) is 24.7. The average molecular weight is 968 g/mol. The van der Waals surface area contributed by atoms with E-state index in [9.17, 15) is 5.26 Å². The largest absolute Gasteiger partial charge is 0.304 e. The molecule has 3 aromatic heterocycles. The number of rotatable bonds is 4. The van der Waals surface area contributed by atoms with Crippen molar-refractivity contribution in [3.63, 3.8) is 0 Å². The molecule has 0 amide bonds. The van der Waals surface area contributed by atoms with Gasteiger partial charge in [0.25, 0.3) is 0 Å². The van der Waals surface area contributed by atoms with Crippen molar-refractivity contribution in [1.82, 2.24) is 9.97 Å². The van der Waals surface area contributed by atoms with E-state index in [0.29, 0.717) is 5.56 Å². The summed E-state index contributed by atoms with van der Waals surface area (Å²) in [5.74, 6) is 0. The number of hydrogen-bond donors (Lipinski definition) is 0. The molecule has 0 unspecified atom stereocenters. The van der Waals surface area contributed by atoms with Crippen LogP contribution < -0.4 is 4.40 Å². The minimum atomic E-state index is -2.09. The first-order chi connectivity index (χ1) is 28.3. The molecule has 0 atom stereocenters. The van der Waals surface area contributed by atoms with Crippen molar-refractivity contribution >= 4 is 39.6 Å². The van der Waals surface area contributed by atoms with Crippen molar-refractivity contribution in [2.24, 2.45) is 0 Å². The van der Waals surface area contributed by atoms with E-state index in [2.05, 4.69) is 90.0 Å². The fourth-order valence-electron chi connectivity index (χ4n) is 8.76. The van der Waals surface area contributed by atoms with Gasteiger partial charge >= 0.3 is 209 Å². The number of aryl methyl sites for hydroxylation is 2. The Morgan fingerprint density at radius 3 is 2.20 bits per heavy atom. The fourth-order valence-corrected chi connectivity index (χ4v) is 20.3. The van der Waals surface area contributed by atoms with E-state index in [-0.39, 0.29) is 25.7 Å². The van der Waals surface area contributed by atoms with Crippen LogP contribution >= 0.6 is 0 Å². The van der Waals surface area contributed by atoms with E-state index in [0.717, 1.165) is 67.6 Å². The molecule has 5 heterocycles. The molecule has 56 heavy (non-hydrogen) atoms. The number of nitriles is 1. The molecule has 1 radical (unpaired) electrons. The number of benzene rings is 5. The maximum absolute atomic E-state index is 10.1. The van der Waals surface area contributed by atoms with Gasteiger partial charge in [-0.1, -0.05) is 42.5 Å². The van der Waals surface area contributed by atoms with Crippen molar-refractivity contribution in [3.05, 3.63) is 163 Å². The molecule has 2 aliphatic heterocycles. The summed E-state index contributed by atoms with van der Waals surface area (Å²) in [6.45, 7) is -2.09. The Morgan fingerprint density at radius 1 is 0.696 bits per heavy atom. The summed E-state index contributed by atoms with van der Waals surface area (Å²) in [5.41, 5.74) is 11.5. The van der Waals surface area contributed by atoms with Gasteiger partial charge in [0.05, 0.1) is 0 Å². The molecular formula is C50H41GeIrN3O-2. The van der Waals surface area contributed by atoms with Crippen LogP contribution in [0.5, 0.6) is 0 Å². The van der Waals surface area contributed by atoms with E-state index in [1.54, 1.807) is 22.6 Å². The van der Waals surface area contributed by atoms with Crippen LogP contribution in [0.1, 0.15) is 46.5 Å². The molecule has 8 aromatic rings. The van der Waals surface area contributed by atoms with Crippen molar-refractivity contribution < 1.29 is 28.6 Å². The summed E-state index contributed by atoms with van der Waals surface area (Å²) >= 11 is -2.01. The van der Waals surface area contributed by atoms with Gasteiger partial charge in [0, 0.05) is 30.4 Å². The number of fused-ring (bicyclic) bond motifs is 5. The molecule has 1 spiro atoms. The van der Waals surface area contributed by atoms with Gasteiger partial charge in [0.15, 0.2) is 0 Å². The molecule has 0 aliphatic carbocycles. The standard InChI is InChI=1S/C38H31GeN2O.C12H10N.Ir/c40-24-30-18-19-32-31-12-7-13-33(35-23-29-11-8-22-39(34(29)25-41-35)20-5-2-6-21-39)37(31)42-38(32)36(30)28-16-14-27(15-17-28)26-9-3-1-4-10-26;1-10-7-8-12(13-9-10)11-5-3-2-4-6-11;/h1,3-4,7,9-10,12,14-19,23,25H,2,5-6,8,11,20-22H2;2-5,7-9H,1H3;/q2*-1;/i;1D3;. The Bertz CT molecular complexity index is 2780. The number of hydrogen-bond acceptors (Lipinski definition) is 4. The van der Waals surface area contributed by atoms with Gasteiger partial charge in [-0.3, -0.25) is 0 Å². The summed E-state index contributed by atoms with van der Waals surface area (Å²) in [6.07, 6.45) is 10.4. The molecule has 1 saturated heterocycles. The van der Waals surface area contributed by atoms with Crippen LogP contribution in [0.3, 0.4) is 0 Å². The van der Waals surface area contributed by atoms with Crippen molar-refractivity contribution in [1.29, 1.82) is 5.26 Å². The summed E-state index contributed by atoms with van der Waals surface area (Å²) < 4.78 is 30.1. The minimum Gasteiger partial charge on any atom is -0.304 e. The van der Waals surface area contributed by atoms with E-state index in [1.807, 2.05) is 42.5 Å². The minimum absolute atomic E-state index is 0. The Morgan fingerprint density at radius 2 is 1.45 bits per heavy atom. The third kappa shape index (κ3) is 7.30. The second-order valence-electron chi connectivity index (χ2n) is 14.7. The zero-order valence-corrected chi connectivity index (χ0v) is 35.4. The molecule has 10 rings (SSSR count). The molecule has 277 valence electrons. The number of pyridine rings is 2. The van der Waals surface area contributed by atoms with Crippen LogP contribution in [0, 0.1) is 30.3 Å². The topological polar surface area (TPSA) is 62.7 Å². The quantitative estimate of drug-likeness (QED) is 0.130. The normalized spacial score (nSPS) is 15.3. The van der Waals surface area contributed by atoms with Gasteiger partial charge in [0.1, 0.15) is 0 Å². The Kier molecular flexibility index (Phi) is 10.1. The molecule has 5 aromatic carbocycles. The zero-order valence-electron chi connectivity index (χ0n) is 33.9. The van der Waals surface area contributed by atoms with Gasteiger partial charge in [-0.25, -0.2) is 0 Å². The maximum atomic E-state index is 10.1. The molecular weight excluding hydrogens is 923 g/mol. The van der Waals surface area contributed by atoms with Crippen molar-refractivity contribution in [2.45, 2.75) is 54.7 Å². The second kappa shape index (κ2) is 16.5. The predicted molar refractivity (Wildman–Crippen MR) is 227 cm³/mol. The smallest absolute Gasteiger partial charge is 0.0280 e. The summed E-state index contributed by atoms with van der Waals surface area (Å²) in [5, 5.41) is 16.6. The monoisotopic (exact) mass is 969 g/mol. The van der Waals surface area contributed by atoms with Crippen LogP contribution in [0.2, 0.25) is 15.8 Å². The summed E-state index contributed by atoms with van der Waals surface area (Å²) in [6, 6.07) is 48.8. The van der Waals surface area contributed by atoms with Crippen LogP contribution in [0.15, 0.2) is 138 Å². The molecule has 0 saturated carbocycles. The predicted octanol–water partition coefficient (Wildman–Crippen LogP) is 12.3. The van der Waals surface area contributed by atoms with Gasteiger partial charge in [-0.2, -0.15) is 0 Å². The van der Waals surface area contributed by atoms with E-state index in [1.165, 1.54) is 58.8 Å². The molecule has 0 bridgehead atoms. The molecule has 2 aliphatic rings. The van der Waals surface area contributed by atoms with Gasteiger partial charge < -0.3 is 4.98 Å². The Hall–Kier alpha value is -5.12. The number of furan rings is 1. The fraction of sp³-hybridized carbons (Fsp3) is 0.180. The maximum Gasteiger partial charge on any atom is 0.0280 e. The second-order valence-corrected chi connectivity index (χ2v) is 24.4. The van der Waals surface area contributed by atoms with Crippen LogP contribution in [-0.4, -0.2) is 23.2 Å².